The second kappa shape index (κ2) is 3.98. The van der Waals surface area contributed by atoms with E-state index in [1.807, 2.05) is 38.2 Å². The van der Waals surface area contributed by atoms with Crippen LogP contribution in [0.4, 0.5) is 5.82 Å². The summed E-state index contributed by atoms with van der Waals surface area (Å²) in [6.45, 7) is 1.98. The Morgan fingerprint density at radius 1 is 1.28 bits per heavy atom. The first-order chi connectivity index (χ1) is 8.66. The first-order valence-electron chi connectivity index (χ1n) is 6.08. The van der Waals surface area contributed by atoms with Crippen LogP contribution in [0.15, 0.2) is 24.3 Å². The van der Waals surface area contributed by atoms with Crippen molar-refractivity contribution < 1.29 is 4.79 Å². The first-order valence-corrected chi connectivity index (χ1v) is 6.08. The van der Waals surface area contributed by atoms with E-state index in [9.17, 15) is 4.79 Å². The predicted octanol–water partition coefficient (Wildman–Crippen LogP) is 2.08. The average molecular weight is 241 g/mol. The predicted molar refractivity (Wildman–Crippen MR) is 69.7 cm³/mol. The summed E-state index contributed by atoms with van der Waals surface area (Å²) >= 11 is 0. The van der Waals surface area contributed by atoms with E-state index < -0.39 is 0 Å². The van der Waals surface area contributed by atoms with Crippen molar-refractivity contribution in [1.82, 2.24) is 9.78 Å². The number of carbonyl (C=O) groups is 1. The molecule has 1 aromatic carbocycles. The highest BCUT2D eigenvalue weighted by atomic mass is 16.1. The van der Waals surface area contributed by atoms with E-state index in [1.54, 1.807) is 4.68 Å². The Labute approximate surface area is 106 Å². The summed E-state index contributed by atoms with van der Waals surface area (Å²) in [5.74, 6) is 0.779. The van der Waals surface area contributed by atoms with E-state index in [0.29, 0.717) is 0 Å². The van der Waals surface area contributed by atoms with Crippen LogP contribution in [0.5, 0.6) is 0 Å². The Bertz CT molecular complexity index is 628. The van der Waals surface area contributed by atoms with Crippen LogP contribution in [0, 0.1) is 6.92 Å². The van der Waals surface area contributed by atoms with Crippen LogP contribution in [0.1, 0.15) is 27.2 Å². The third-order valence-electron chi connectivity index (χ3n) is 3.48. The van der Waals surface area contributed by atoms with Crippen LogP contribution >= 0.6 is 0 Å². The van der Waals surface area contributed by atoms with Gasteiger partial charge in [0.15, 0.2) is 0 Å². The number of aryl methyl sites for hydroxylation is 3. The summed E-state index contributed by atoms with van der Waals surface area (Å²) in [5, 5.41) is 7.34. The smallest absolute Gasteiger partial charge is 0.257 e. The molecule has 0 saturated carbocycles. The van der Waals surface area contributed by atoms with E-state index >= 15 is 0 Å². The Balaban J connectivity index is 2.10. The highest BCUT2D eigenvalue weighted by Crippen LogP contribution is 2.25. The molecule has 92 valence electrons. The lowest BCUT2D eigenvalue weighted by molar-refractivity contribution is 0.102. The van der Waals surface area contributed by atoms with E-state index in [1.165, 1.54) is 0 Å². The van der Waals surface area contributed by atoms with E-state index in [2.05, 4.69) is 10.4 Å². The second-order valence-corrected chi connectivity index (χ2v) is 4.65. The number of nitrogens with zero attached hydrogens (tertiary/aromatic N) is 2. The fourth-order valence-electron chi connectivity index (χ4n) is 2.55. The third-order valence-corrected chi connectivity index (χ3v) is 3.48. The van der Waals surface area contributed by atoms with Crippen molar-refractivity contribution in [3.8, 4) is 0 Å². The van der Waals surface area contributed by atoms with Crippen LogP contribution in [-0.4, -0.2) is 15.7 Å². The van der Waals surface area contributed by atoms with E-state index in [4.69, 9.17) is 0 Å². The molecule has 2 heterocycles. The molecule has 0 radical (unpaired) electrons. The Morgan fingerprint density at radius 3 is 2.89 bits per heavy atom. The molecule has 0 atom stereocenters. The van der Waals surface area contributed by atoms with Crippen molar-refractivity contribution in [1.29, 1.82) is 0 Å². The normalized spacial score (nSPS) is 14.2. The molecule has 1 aromatic heterocycles. The summed E-state index contributed by atoms with van der Waals surface area (Å²) in [4.78, 5) is 12.2. The number of benzene rings is 1. The molecule has 2 aromatic rings. The Kier molecular flexibility index (Phi) is 2.44. The van der Waals surface area contributed by atoms with Crippen molar-refractivity contribution in [2.24, 2.45) is 7.05 Å². The lowest BCUT2D eigenvalue weighted by atomic mass is 9.97. The van der Waals surface area contributed by atoms with Crippen LogP contribution in [-0.2, 0) is 19.9 Å². The van der Waals surface area contributed by atoms with Gasteiger partial charge in [-0.15, -0.1) is 0 Å². The summed E-state index contributed by atoms with van der Waals surface area (Å²) < 4.78 is 1.75. The molecule has 0 fully saturated rings. The number of hydrogen-bond donors (Lipinski definition) is 1. The van der Waals surface area contributed by atoms with Gasteiger partial charge in [-0.3, -0.25) is 9.48 Å². The molecular weight excluding hydrogens is 226 g/mol. The number of carbonyl (C=O) groups excluding carboxylic acids is 1. The van der Waals surface area contributed by atoms with Gasteiger partial charge in [0.1, 0.15) is 5.82 Å². The maximum Gasteiger partial charge on any atom is 0.257 e. The number of amides is 1. The number of fused-ring (bicyclic) bond motifs is 2. The quantitative estimate of drug-likeness (QED) is 0.767. The number of nitrogens with one attached hydrogen (secondary N) is 1. The van der Waals surface area contributed by atoms with Crippen molar-refractivity contribution in [2.45, 2.75) is 19.8 Å². The van der Waals surface area contributed by atoms with Crippen LogP contribution < -0.4 is 5.32 Å². The molecule has 1 amide bonds. The number of anilines is 1. The molecule has 3 rings (SSSR count). The lowest BCUT2D eigenvalue weighted by Crippen LogP contribution is -2.19. The topological polar surface area (TPSA) is 46.9 Å². The SMILES string of the molecule is Cc1nn(C)c2c1CCc1ccccc1C(=O)N2. The summed E-state index contributed by atoms with van der Waals surface area (Å²) in [6.07, 6.45) is 1.79. The largest absolute Gasteiger partial charge is 0.307 e. The van der Waals surface area contributed by atoms with Gasteiger partial charge in [-0.05, 0) is 31.4 Å². The molecule has 4 heteroatoms. The highest BCUT2D eigenvalue weighted by Gasteiger charge is 2.21. The minimum absolute atomic E-state index is 0.0467. The van der Waals surface area contributed by atoms with E-state index in [0.717, 1.165) is 41.0 Å². The summed E-state index contributed by atoms with van der Waals surface area (Å²) in [5.41, 5.74) is 4.00. The number of rotatable bonds is 0. The third kappa shape index (κ3) is 1.61. The molecule has 0 unspecified atom stereocenters. The zero-order chi connectivity index (χ0) is 12.7. The number of aromatic nitrogens is 2. The maximum absolute atomic E-state index is 12.2. The van der Waals surface area contributed by atoms with Crippen molar-refractivity contribution in [3.05, 3.63) is 46.6 Å². The molecule has 18 heavy (non-hydrogen) atoms. The van der Waals surface area contributed by atoms with Crippen molar-refractivity contribution >= 4 is 11.7 Å². The highest BCUT2D eigenvalue weighted by molar-refractivity contribution is 6.05. The number of hydrogen-bond acceptors (Lipinski definition) is 2. The molecule has 1 aliphatic heterocycles. The minimum atomic E-state index is -0.0467. The van der Waals surface area contributed by atoms with Crippen LogP contribution in [0.2, 0.25) is 0 Å². The molecule has 0 spiro atoms. The van der Waals surface area contributed by atoms with Gasteiger partial charge in [0.25, 0.3) is 5.91 Å². The summed E-state index contributed by atoms with van der Waals surface area (Å²) in [6, 6.07) is 7.77. The van der Waals surface area contributed by atoms with Crippen molar-refractivity contribution in [2.75, 3.05) is 5.32 Å². The maximum atomic E-state index is 12.2. The van der Waals surface area contributed by atoms with Gasteiger partial charge in [-0.2, -0.15) is 5.10 Å². The first kappa shape index (κ1) is 11.0. The molecule has 0 aliphatic carbocycles. The van der Waals surface area contributed by atoms with Gasteiger partial charge < -0.3 is 5.32 Å². The molecule has 1 N–H and O–H groups in total. The van der Waals surface area contributed by atoms with Crippen LogP contribution in [0.3, 0.4) is 0 Å². The molecule has 0 bridgehead atoms. The molecule has 0 saturated heterocycles. The Morgan fingerprint density at radius 2 is 2.06 bits per heavy atom. The van der Waals surface area contributed by atoms with Crippen molar-refractivity contribution in [3.63, 3.8) is 0 Å². The molecule has 4 nitrogen and oxygen atoms in total. The Hall–Kier alpha value is -2.10. The van der Waals surface area contributed by atoms with Gasteiger partial charge in [0, 0.05) is 18.2 Å². The van der Waals surface area contributed by atoms with Gasteiger partial charge >= 0.3 is 0 Å². The lowest BCUT2D eigenvalue weighted by Gasteiger charge is -2.15. The fraction of sp³-hybridized carbons (Fsp3) is 0.286. The van der Waals surface area contributed by atoms with Gasteiger partial charge in [-0.1, -0.05) is 18.2 Å². The standard InChI is InChI=1S/C14H15N3O/c1-9-11-8-7-10-5-3-4-6-12(10)14(18)15-13(11)17(2)16-9/h3-6H,7-8H2,1-2H3,(H,15,18). The molecular formula is C14H15N3O. The fourth-order valence-corrected chi connectivity index (χ4v) is 2.55. The minimum Gasteiger partial charge on any atom is -0.307 e. The summed E-state index contributed by atoms with van der Waals surface area (Å²) in [7, 11) is 1.86. The molecule has 1 aliphatic rings. The monoisotopic (exact) mass is 241 g/mol. The van der Waals surface area contributed by atoms with Gasteiger partial charge in [0.05, 0.1) is 5.69 Å². The zero-order valence-electron chi connectivity index (χ0n) is 10.5. The van der Waals surface area contributed by atoms with Gasteiger partial charge in [-0.25, -0.2) is 0 Å². The zero-order valence-corrected chi connectivity index (χ0v) is 10.5. The second-order valence-electron chi connectivity index (χ2n) is 4.65. The van der Waals surface area contributed by atoms with E-state index in [-0.39, 0.29) is 5.91 Å². The van der Waals surface area contributed by atoms with Gasteiger partial charge in [0.2, 0.25) is 0 Å². The average Bonchev–Trinajstić information content (AvgIpc) is 2.60. The van der Waals surface area contributed by atoms with Crippen LogP contribution in [0.25, 0.3) is 0 Å².